The molecule has 1 N–H and O–H groups in total. The number of allylic oxidation sites excluding steroid dienone is 1. The number of halogens is 1. The van der Waals surface area contributed by atoms with Gasteiger partial charge in [-0.3, -0.25) is 0 Å². The van der Waals surface area contributed by atoms with Gasteiger partial charge in [-0.1, -0.05) is 19.6 Å². The maximum atomic E-state index is 13.6. The summed E-state index contributed by atoms with van der Waals surface area (Å²) in [5.41, 5.74) is -2.24. The van der Waals surface area contributed by atoms with Crippen molar-refractivity contribution in [3.05, 3.63) is 24.8 Å². The highest BCUT2D eigenvalue weighted by Gasteiger charge is 2.33. The molecule has 0 aliphatic carbocycles. The van der Waals surface area contributed by atoms with Gasteiger partial charge in [0.1, 0.15) is 5.67 Å². The van der Waals surface area contributed by atoms with E-state index in [1.54, 1.807) is 6.92 Å². The van der Waals surface area contributed by atoms with Gasteiger partial charge in [0.05, 0.1) is 5.57 Å². The summed E-state index contributed by atoms with van der Waals surface area (Å²) in [6, 6.07) is 0. The van der Waals surface area contributed by atoms with Crippen LogP contribution in [0.3, 0.4) is 0 Å². The van der Waals surface area contributed by atoms with Crippen LogP contribution in [0.25, 0.3) is 0 Å². The highest BCUT2D eigenvalue weighted by molar-refractivity contribution is 5.88. The van der Waals surface area contributed by atoms with E-state index in [0.717, 1.165) is 0 Å². The summed E-state index contributed by atoms with van der Waals surface area (Å²) < 4.78 is 13.6. The molecule has 0 aromatic rings. The smallest absolute Gasteiger partial charge is 0.334 e. The predicted octanol–water partition coefficient (Wildman–Crippen LogP) is 2.32. The van der Waals surface area contributed by atoms with Crippen molar-refractivity contribution in [2.45, 2.75) is 25.4 Å². The highest BCUT2D eigenvalue weighted by Crippen LogP contribution is 2.29. The molecule has 0 amide bonds. The van der Waals surface area contributed by atoms with Crippen molar-refractivity contribution < 1.29 is 14.3 Å². The molecule has 0 fully saturated rings. The van der Waals surface area contributed by atoms with Crippen LogP contribution in [-0.2, 0) is 4.79 Å². The fraction of sp³-hybridized carbons (Fsp3) is 0.444. The van der Waals surface area contributed by atoms with E-state index in [-0.39, 0.29) is 12.8 Å². The Bertz CT molecular complexity index is 211. The van der Waals surface area contributed by atoms with Gasteiger partial charge in [0.25, 0.3) is 0 Å². The molecule has 0 saturated heterocycles. The number of aliphatic carboxylic acids is 1. The molecule has 0 saturated carbocycles. The molecule has 0 aliphatic rings. The second-order valence-corrected chi connectivity index (χ2v) is 2.60. The summed E-state index contributed by atoms with van der Waals surface area (Å²) >= 11 is 0. The van der Waals surface area contributed by atoms with Crippen LogP contribution in [0, 0.1) is 0 Å². The van der Waals surface area contributed by atoms with Crippen molar-refractivity contribution in [2.24, 2.45) is 0 Å². The summed E-state index contributed by atoms with van der Waals surface area (Å²) in [6.45, 7) is 8.14. The third kappa shape index (κ3) is 2.19. The lowest BCUT2D eigenvalue weighted by molar-refractivity contribution is -0.134. The standard InChI is InChI=1S/C9H13FO2/c1-4-6-9(10,5-2)7(3)8(11)12/h4H,1,3,5-6H2,2H3,(H,11,12). The number of carbonyl (C=O) groups is 1. The minimum atomic E-state index is -1.84. The molecule has 68 valence electrons. The number of carboxylic acids is 1. The van der Waals surface area contributed by atoms with E-state index in [2.05, 4.69) is 13.2 Å². The Morgan fingerprint density at radius 1 is 1.75 bits per heavy atom. The summed E-state index contributed by atoms with van der Waals surface area (Å²) in [5, 5.41) is 8.50. The Hall–Kier alpha value is -1.12. The molecule has 0 radical (unpaired) electrons. The van der Waals surface area contributed by atoms with Gasteiger partial charge in [0, 0.05) is 6.42 Å². The molecular weight excluding hydrogens is 159 g/mol. The van der Waals surface area contributed by atoms with Gasteiger partial charge in [-0.15, -0.1) is 6.58 Å². The van der Waals surface area contributed by atoms with Crippen molar-refractivity contribution in [1.29, 1.82) is 0 Å². The third-order valence-corrected chi connectivity index (χ3v) is 1.83. The fourth-order valence-corrected chi connectivity index (χ4v) is 0.901. The summed E-state index contributed by atoms with van der Waals surface area (Å²) in [4.78, 5) is 10.4. The van der Waals surface area contributed by atoms with E-state index in [1.165, 1.54) is 6.08 Å². The van der Waals surface area contributed by atoms with Gasteiger partial charge in [-0.05, 0) is 6.42 Å². The van der Waals surface area contributed by atoms with Crippen LogP contribution >= 0.6 is 0 Å². The lowest BCUT2D eigenvalue weighted by atomic mass is 9.90. The van der Waals surface area contributed by atoms with Crippen LogP contribution in [0.2, 0.25) is 0 Å². The number of hydrogen-bond donors (Lipinski definition) is 1. The number of alkyl halides is 1. The molecule has 3 heteroatoms. The maximum absolute atomic E-state index is 13.6. The zero-order valence-corrected chi connectivity index (χ0v) is 7.14. The molecule has 0 spiro atoms. The van der Waals surface area contributed by atoms with E-state index in [1.807, 2.05) is 0 Å². The number of hydrogen-bond acceptors (Lipinski definition) is 1. The van der Waals surface area contributed by atoms with Crippen LogP contribution in [-0.4, -0.2) is 16.7 Å². The molecule has 0 heterocycles. The Morgan fingerprint density at radius 2 is 2.25 bits per heavy atom. The molecule has 0 bridgehead atoms. The average Bonchev–Trinajstić information content (AvgIpc) is 2.03. The first-order chi connectivity index (χ1) is 5.48. The molecule has 0 aromatic carbocycles. The van der Waals surface area contributed by atoms with Crippen molar-refractivity contribution in [2.75, 3.05) is 0 Å². The second kappa shape index (κ2) is 4.04. The van der Waals surface area contributed by atoms with E-state index in [9.17, 15) is 9.18 Å². The average molecular weight is 172 g/mol. The lowest BCUT2D eigenvalue weighted by Crippen LogP contribution is -2.28. The zero-order valence-electron chi connectivity index (χ0n) is 7.14. The summed E-state index contributed by atoms with van der Waals surface area (Å²) in [5.74, 6) is -1.29. The van der Waals surface area contributed by atoms with Gasteiger partial charge in [0.15, 0.2) is 0 Å². The normalized spacial score (nSPS) is 14.8. The molecule has 2 nitrogen and oxygen atoms in total. The van der Waals surface area contributed by atoms with Crippen LogP contribution in [0.1, 0.15) is 19.8 Å². The number of rotatable bonds is 5. The molecular formula is C9H13FO2. The van der Waals surface area contributed by atoms with Crippen molar-refractivity contribution in [1.82, 2.24) is 0 Å². The Labute approximate surface area is 71.4 Å². The topological polar surface area (TPSA) is 37.3 Å². The molecule has 12 heavy (non-hydrogen) atoms. The zero-order chi connectivity index (χ0) is 9.78. The van der Waals surface area contributed by atoms with E-state index in [4.69, 9.17) is 5.11 Å². The van der Waals surface area contributed by atoms with Crippen molar-refractivity contribution >= 4 is 5.97 Å². The molecule has 1 atom stereocenters. The van der Waals surface area contributed by atoms with Crippen LogP contribution < -0.4 is 0 Å². The third-order valence-electron chi connectivity index (χ3n) is 1.83. The SMILES string of the molecule is C=CCC(F)(CC)C(=C)C(=O)O. The monoisotopic (exact) mass is 172 g/mol. The predicted molar refractivity (Wildman–Crippen MR) is 45.7 cm³/mol. The fourth-order valence-electron chi connectivity index (χ4n) is 0.901. The Morgan fingerprint density at radius 3 is 2.50 bits per heavy atom. The summed E-state index contributed by atoms with van der Waals surface area (Å²) in [6.07, 6.45) is 1.45. The Kier molecular flexibility index (Phi) is 3.67. The minimum Gasteiger partial charge on any atom is -0.478 e. The van der Waals surface area contributed by atoms with Crippen molar-refractivity contribution in [3.8, 4) is 0 Å². The second-order valence-electron chi connectivity index (χ2n) is 2.60. The maximum Gasteiger partial charge on any atom is 0.334 e. The van der Waals surface area contributed by atoms with Crippen LogP contribution in [0.15, 0.2) is 24.8 Å². The van der Waals surface area contributed by atoms with E-state index >= 15 is 0 Å². The van der Waals surface area contributed by atoms with Gasteiger partial charge in [-0.25, -0.2) is 9.18 Å². The number of carboxylic acid groups (broad SMARTS) is 1. The summed E-state index contributed by atoms with van der Waals surface area (Å²) in [7, 11) is 0. The highest BCUT2D eigenvalue weighted by atomic mass is 19.1. The molecule has 1 unspecified atom stereocenters. The van der Waals surface area contributed by atoms with Gasteiger partial charge in [-0.2, -0.15) is 0 Å². The quantitative estimate of drug-likeness (QED) is 0.510. The first-order valence-electron chi connectivity index (χ1n) is 3.70. The van der Waals surface area contributed by atoms with Crippen molar-refractivity contribution in [3.63, 3.8) is 0 Å². The first kappa shape index (κ1) is 10.9. The van der Waals surface area contributed by atoms with Gasteiger partial charge < -0.3 is 5.11 Å². The Balaban J connectivity index is 4.61. The van der Waals surface area contributed by atoms with E-state index in [0.29, 0.717) is 0 Å². The molecule has 0 aromatic heterocycles. The van der Waals surface area contributed by atoms with Crippen LogP contribution in [0.4, 0.5) is 4.39 Å². The first-order valence-corrected chi connectivity index (χ1v) is 3.70. The van der Waals surface area contributed by atoms with Gasteiger partial charge >= 0.3 is 5.97 Å². The minimum absolute atomic E-state index is 0.00532. The molecule has 0 rings (SSSR count). The van der Waals surface area contributed by atoms with Crippen LogP contribution in [0.5, 0.6) is 0 Å². The molecule has 0 aliphatic heterocycles. The van der Waals surface area contributed by atoms with Gasteiger partial charge in [0.2, 0.25) is 0 Å². The largest absolute Gasteiger partial charge is 0.478 e. The van der Waals surface area contributed by atoms with E-state index < -0.39 is 17.2 Å². The lowest BCUT2D eigenvalue weighted by Gasteiger charge is -2.21.